The molecule has 4 rings (SSSR count). The summed E-state index contributed by atoms with van der Waals surface area (Å²) in [5, 5.41) is 3.01. The molecule has 33 heavy (non-hydrogen) atoms. The Kier molecular flexibility index (Phi) is 8.07. The monoisotopic (exact) mass is 453 g/mol. The van der Waals surface area contributed by atoms with Gasteiger partial charge in [0.2, 0.25) is 11.8 Å². The first-order valence-electron chi connectivity index (χ1n) is 11.8. The van der Waals surface area contributed by atoms with Crippen LogP contribution in [0.1, 0.15) is 24.0 Å². The molecule has 1 atom stereocenters. The van der Waals surface area contributed by atoms with Gasteiger partial charge in [0.1, 0.15) is 5.82 Å². The lowest BCUT2D eigenvalue weighted by atomic mass is 9.96. The lowest BCUT2D eigenvalue weighted by Gasteiger charge is -2.32. The number of carbonyl (C=O) groups is 2. The maximum atomic E-state index is 13.1. The average molecular weight is 454 g/mol. The molecule has 2 aliphatic rings. The second-order valence-corrected chi connectivity index (χ2v) is 8.87. The van der Waals surface area contributed by atoms with E-state index in [9.17, 15) is 14.0 Å². The third-order valence-electron chi connectivity index (χ3n) is 6.46. The number of nitrogens with one attached hydrogen (secondary N) is 1. The number of amides is 2. The molecule has 1 N–H and O–H groups in total. The minimum Gasteiger partial charge on any atom is -0.379 e. The van der Waals surface area contributed by atoms with Crippen LogP contribution in [0, 0.1) is 11.7 Å². The molecule has 7 heteroatoms. The Morgan fingerprint density at radius 1 is 0.970 bits per heavy atom. The van der Waals surface area contributed by atoms with Gasteiger partial charge in [0.15, 0.2) is 0 Å². The van der Waals surface area contributed by atoms with Crippen molar-refractivity contribution in [1.29, 1.82) is 0 Å². The van der Waals surface area contributed by atoms with Gasteiger partial charge < -0.3 is 15.0 Å². The quantitative estimate of drug-likeness (QED) is 0.700. The van der Waals surface area contributed by atoms with Crippen LogP contribution in [0.15, 0.2) is 48.5 Å². The van der Waals surface area contributed by atoms with Crippen LogP contribution in [-0.4, -0.2) is 67.6 Å². The highest BCUT2D eigenvalue weighted by molar-refractivity contribution is 5.93. The van der Waals surface area contributed by atoms with E-state index < -0.39 is 0 Å². The Hall–Kier alpha value is -2.77. The molecule has 176 valence electrons. The number of hydrogen-bond donors (Lipinski definition) is 1. The number of piperidine rings is 1. The van der Waals surface area contributed by atoms with Gasteiger partial charge in [-0.1, -0.05) is 24.3 Å². The molecule has 2 saturated heterocycles. The second-order valence-electron chi connectivity index (χ2n) is 8.87. The van der Waals surface area contributed by atoms with E-state index in [0.29, 0.717) is 13.1 Å². The number of nitrogens with zero attached hydrogens (tertiary/aromatic N) is 2. The summed E-state index contributed by atoms with van der Waals surface area (Å²) in [5.41, 5.74) is 2.81. The number of rotatable bonds is 7. The number of likely N-dealkylation sites (tertiary alicyclic amines) is 1. The van der Waals surface area contributed by atoms with Gasteiger partial charge in [0, 0.05) is 38.4 Å². The van der Waals surface area contributed by atoms with E-state index in [0.717, 1.165) is 63.4 Å². The molecular formula is C26H32FN3O3. The number of benzene rings is 2. The minimum atomic E-state index is -0.314. The number of ether oxygens (including phenoxy) is 1. The molecule has 2 amide bonds. The summed E-state index contributed by atoms with van der Waals surface area (Å²) in [6, 6.07) is 14.0. The van der Waals surface area contributed by atoms with Crippen molar-refractivity contribution in [1.82, 2.24) is 9.80 Å². The van der Waals surface area contributed by atoms with E-state index in [4.69, 9.17) is 4.74 Å². The molecule has 0 bridgehead atoms. The Balaban J connectivity index is 1.25. The molecule has 2 aromatic rings. The molecule has 6 nitrogen and oxygen atoms in total. The third kappa shape index (κ3) is 6.85. The highest BCUT2D eigenvalue weighted by Crippen LogP contribution is 2.20. The summed E-state index contributed by atoms with van der Waals surface area (Å²) in [6.07, 6.45) is 2.76. The zero-order valence-corrected chi connectivity index (χ0v) is 19.0. The Labute approximate surface area is 194 Å². The van der Waals surface area contributed by atoms with E-state index >= 15 is 0 Å². The van der Waals surface area contributed by atoms with Crippen LogP contribution < -0.4 is 5.32 Å². The van der Waals surface area contributed by atoms with Gasteiger partial charge in [0.25, 0.3) is 0 Å². The van der Waals surface area contributed by atoms with E-state index in [2.05, 4.69) is 22.3 Å². The predicted molar refractivity (Wildman–Crippen MR) is 125 cm³/mol. The SMILES string of the molecule is O=C(Nc1ccc(CCN2CCOCC2)cc1)C1CCCN(C(=O)Cc2ccc(F)cc2)C1. The molecule has 0 saturated carbocycles. The fourth-order valence-corrected chi connectivity index (χ4v) is 4.42. The maximum absolute atomic E-state index is 13.1. The Morgan fingerprint density at radius 3 is 2.39 bits per heavy atom. The first kappa shape index (κ1) is 23.4. The summed E-state index contributed by atoms with van der Waals surface area (Å²) < 4.78 is 18.5. The molecule has 2 fully saturated rings. The molecule has 0 radical (unpaired) electrons. The van der Waals surface area contributed by atoms with Crippen molar-refractivity contribution in [2.75, 3.05) is 51.3 Å². The fraction of sp³-hybridized carbons (Fsp3) is 0.462. The van der Waals surface area contributed by atoms with Gasteiger partial charge in [-0.25, -0.2) is 4.39 Å². The highest BCUT2D eigenvalue weighted by Gasteiger charge is 2.28. The average Bonchev–Trinajstić information content (AvgIpc) is 2.85. The van der Waals surface area contributed by atoms with Crippen molar-refractivity contribution in [2.45, 2.75) is 25.7 Å². The predicted octanol–water partition coefficient (Wildman–Crippen LogP) is 3.12. The van der Waals surface area contributed by atoms with Crippen LogP contribution in [0.2, 0.25) is 0 Å². The summed E-state index contributed by atoms with van der Waals surface area (Å²) in [7, 11) is 0. The fourth-order valence-electron chi connectivity index (χ4n) is 4.42. The lowest BCUT2D eigenvalue weighted by molar-refractivity contribution is -0.133. The summed E-state index contributed by atoms with van der Waals surface area (Å²) in [5.74, 6) is -0.609. The lowest BCUT2D eigenvalue weighted by Crippen LogP contribution is -2.44. The van der Waals surface area contributed by atoms with Crippen molar-refractivity contribution < 1.29 is 18.7 Å². The molecule has 0 spiro atoms. The van der Waals surface area contributed by atoms with Crippen LogP contribution in [0.4, 0.5) is 10.1 Å². The molecular weight excluding hydrogens is 421 g/mol. The number of halogens is 1. The van der Waals surface area contributed by atoms with Crippen LogP contribution in [0.25, 0.3) is 0 Å². The number of hydrogen-bond acceptors (Lipinski definition) is 4. The van der Waals surface area contributed by atoms with E-state index in [1.807, 2.05) is 12.1 Å². The van der Waals surface area contributed by atoms with Crippen LogP contribution in [0.5, 0.6) is 0 Å². The molecule has 2 aliphatic heterocycles. The third-order valence-corrected chi connectivity index (χ3v) is 6.46. The largest absolute Gasteiger partial charge is 0.379 e. The van der Waals surface area contributed by atoms with Crippen molar-refractivity contribution >= 4 is 17.5 Å². The zero-order chi connectivity index (χ0) is 23.0. The molecule has 2 aromatic carbocycles. The molecule has 1 unspecified atom stereocenters. The van der Waals surface area contributed by atoms with Crippen molar-refractivity contribution in [3.05, 3.63) is 65.5 Å². The van der Waals surface area contributed by atoms with E-state index in [1.54, 1.807) is 17.0 Å². The van der Waals surface area contributed by atoms with Gasteiger partial charge in [-0.3, -0.25) is 14.5 Å². The van der Waals surface area contributed by atoms with Crippen LogP contribution >= 0.6 is 0 Å². The summed E-state index contributed by atoms with van der Waals surface area (Å²) >= 11 is 0. The number of morpholine rings is 1. The molecule has 0 aliphatic carbocycles. The van der Waals surface area contributed by atoms with Gasteiger partial charge in [-0.2, -0.15) is 0 Å². The van der Waals surface area contributed by atoms with Crippen molar-refractivity contribution in [2.24, 2.45) is 5.92 Å². The van der Waals surface area contributed by atoms with Crippen molar-refractivity contribution in [3.8, 4) is 0 Å². The Bertz CT molecular complexity index is 927. The number of anilines is 1. The maximum Gasteiger partial charge on any atom is 0.229 e. The standard InChI is InChI=1S/C26H32FN3O3/c27-23-7-3-21(4-8-23)18-25(31)30-12-1-2-22(19-30)26(32)28-24-9-5-20(6-10-24)11-13-29-14-16-33-17-15-29/h3-10,22H,1-2,11-19H2,(H,28,32). The van der Waals surface area contributed by atoms with Gasteiger partial charge in [0.05, 0.1) is 25.6 Å². The summed E-state index contributed by atoms with van der Waals surface area (Å²) in [6.45, 7) is 5.67. The van der Waals surface area contributed by atoms with E-state index in [-0.39, 0.29) is 30.0 Å². The topological polar surface area (TPSA) is 61.9 Å². The van der Waals surface area contributed by atoms with Crippen LogP contribution in [0.3, 0.4) is 0 Å². The normalized spacial score (nSPS) is 19.3. The van der Waals surface area contributed by atoms with Gasteiger partial charge in [-0.05, 0) is 54.7 Å². The molecule has 0 aromatic heterocycles. The highest BCUT2D eigenvalue weighted by atomic mass is 19.1. The Morgan fingerprint density at radius 2 is 1.67 bits per heavy atom. The van der Waals surface area contributed by atoms with Crippen molar-refractivity contribution in [3.63, 3.8) is 0 Å². The second kappa shape index (κ2) is 11.4. The number of carbonyl (C=O) groups excluding carboxylic acids is 2. The van der Waals surface area contributed by atoms with Crippen LogP contribution in [-0.2, 0) is 27.2 Å². The summed E-state index contributed by atoms with van der Waals surface area (Å²) in [4.78, 5) is 29.7. The van der Waals surface area contributed by atoms with Gasteiger partial charge in [-0.15, -0.1) is 0 Å². The van der Waals surface area contributed by atoms with Gasteiger partial charge >= 0.3 is 0 Å². The first-order chi connectivity index (χ1) is 16.1. The first-order valence-corrected chi connectivity index (χ1v) is 11.8. The zero-order valence-electron chi connectivity index (χ0n) is 19.0. The molecule has 2 heterocycles. The van der Waals surface area contributed by atoms with E-state index in [1.165, 1.54) is 17.7 Å². The minimum absolute atomic E-state index is 0.0243. The smallest absolute Gasteiger partial charge is 0.229 e.